The largest absolute Gasteiger partial charge is 0.469 e. The van der Waals surface area contributed by atoms with E-state index >= 15 is 0 Å². The number of hydrogen-bond acceptors (Lipinski definition) is 6. The zero-order valence-electron chi connectivity index (χ0n) is 15.5. The van der Waals surface area contributed by atoms with Crippen LogP contribution in [-0.4, -0.2) is 54.3 Å². The summed E-state index contributed by atoms with van der Waals surface area (Å²) in [5, 5.41) is 1.07. The minimum absolute atomic E-state index is 0.0142. The molecule has 1 unspecified atom stereocenters. The molecule has 2 aliphatic rings. The molecule has 1 spiro atoms. The quantitative estimate of drug-likeness (QED) is 0.848. The summed E-state index contributed by atoms with van der Waals surface area (Å²) in [5.74, 6) is 0.648. The van der Waals surface area contributed by atoms with Gasteiger partial charge in [-0.25, -0.2) is 9.97 Å². The van der Waals surface area contributed by atoms with Gasteiger partial charge in [-0.15, -0.1) is 0 Å². The minimum Gasteiger partial charge on any atom is -0.469 e. The average molecular weight is 358 g/mol. The number of nitrogens with one attached hydrogen (secondary N) is 1. The van der Waals surface area contributed by atoms with Gasteiger partial charge in [0.25, 0.3) is 0 Å². The first-order valence-corrected chi connectivity index (χ1v) is 9.40. The topological polar surface area (TPSA) is 80.3 Å². The van der Waals surface area contributed by atoms with E-state index in [9.17, 15) is 4.79 Å². The first kappa shape index (κ1) is 17.3. The summed E-state index contributed by atoms with van der Waals surface area (Å²) in [6.45, 7) is 5.09. The van der Waals surface area contributed by atoms with Crippen LogP contribution >= 0.6 is 0 Å². The number of hydrogen-bond donors (Lipinski definition) is 1. The van der Waals surface area contributed by atoms with Crippen LogP contribution in [0.2, 0.25) is 0 Å². The fraction of sp³-hybridized carbons (Fsp3) is 0.632. The van der Waals surface area contributed by atoms with Crippen molar-refractivity contribution in [1.82, 2.24) is 15.0 Å². The van der Waals surface area contributed by atoms with Gasteiger partial charge in [-0.3, -0.25) is 4.79 Å². The molecular formula is C19H26N4O3. The molecule has 7 heteroatoms. The third-order valence-electron chi connectivity index (χ3n) is 6.21. The lowest BCUT2D eigenvalue weighted by atomic mass is 9.65. The summed E-state index contributed by atoms with van der Waals surface area (Å²) in [6, 6.07) is 0. The lowest BCUT2D eigenvalue weighted by Crippen LogP contribution is -2.53. The standard InChI is InChI=1S/C19H26N4O3/c1-3-13-10-20-16-15(13)17(22-12-21-16)23-7-4-19(5-8-26-9-6-19)14(11-23)18(24)25-2/h10,12,14H,3-9,11H2,1-2H3,(H,20,21,22). The summed E-state index contributed by atoms with van der Waals surface area (Å²) >= 11 is 0. The summed E-state index contributed by atoms with van der Waals surface area (Å²) in [6.07, 6.45) is 7.31. The summed E-state index contributed by atoms with van der Waals surface area (Å²) in [7, 11) is 1.48. The maximum Gasteiger partial charge on any atom is 0.311 e. The Kier molecular flexibility index (Phi) is 4.56. The van der Waals surface area contributed by atoms with Crippen molar-refractivity contribution in [2.24, 2.45) is 11.3 Å². The first-order chi connectivity index (χ1) is 12.7. The van der Waals surface area contributed by atoms with Gasteiger partial charge in [0.05, 0.1) is 18.4 Å². The highest BCUT2D eigenvalue weighted by molar-refractivity contribution is 5.91. The van der Waals surface area contributed by atoms with Crippen molar-refractivity contribution in [3.8, 4) is 0 Å². The third-order valence-corrected chi connectivity index (χ3v) is 6.21. The number of aromatic nitrogens is 3. The number of methoxy groups -OCH3 is 1. The number of rotatable bonds is 3. The Morgan fingerprint density at radius 1 is 1.38 bits per heavy atom. The molecule has 0 radical (unpaired) electrons. The third kappa shape index (κ3) is 2.74. The zero-order chi connectivity index (χ0) is 18.1. The van der Waals surface area contributed by atoms with Crippen LogP contribution in [-0.2, 0) is 20.7 Å². The predicted octanol–water partition coefficient (Wildman–Crippen LogP) is 2.32. The van der Waals surface area contributed by atoms with Gasteiger partial charge in [0.1, 0.15) is 17.8 Å². The van der Waals surface area contributed by atoms with Crippen molar-refractivity contribution < 1.29 is 14.3 Å². The molecule has 0 aromatic carbocycles. The second kappa shape index (κ2) is 6.87. The molecule has 140 valence electrons. The van der Waals surface area contributed by atoms with Crippen LogP contribution in [0.5, 0.6) is 0 Å². The molecule has 0 saturated carbocycles. The van der Waals surface area contributed by atoms with Crippen molar-refractivity contribution in [3.05, 3.63) is 18.1 Å². The smallest absolute Gasteiger partial charge is 0.311 e. The van der Waals surface area contributed by atoms with E-state index in [4.69, 9.17) is 9.47 Å². The van der Waals surface area contributed by atoms with E-state index in [0.29, 0.717) is 6.54 Å². The van der Waals surface area contributed by atoms with Gasteiger partial charge in [0.2, 0.25) is 0 Å². The highest BCUT2D eigenvalue weighted by atomic mass is 16.5. The van der Waals surface area contributed by atoms with E-state index in [2.05, 4.69) is 26.8 Å². The number of carbonyl (C=O) groups excluding carboxylic acids is 1. The molecule has 4 rings (SSSR count). The summed E-state index contributed by atoms with van der Waals surface area (Å²) in [4.78, 5) is 27.0. The molecule has 2 saturated heterocycles. The highest BCUT2D eigenvalue weighted by Crippen LogP contribution is 2.46. The number of carbonyl (C=O) groups is 1. The minimum atomic E-state index is -0.154. The van der Waals surface area contributed by atoms with Crippen molar-refractivity contribution in [3.63, 3.8) is 0 Å². The first-order valence-electron chi connectivity index (χ1n) is 9.40. The molecule has 1 atom stereocenters. The molecule has 2 fully saturated rings. The SMILES string of the molecule is CCc1c[nH]c2ncnc(N3CCC4(CCOCC4)C(C(=O)OC)C3)c12. The number of esters is 1. The van der Waals surface area contributed by atoms with Gasteiger partial charge in [-0.05, 0) is 36.7 Å². The average Bonchev–Trinajstić information content (AvgIpc) is 3.12. The van der Waals surface area contributed by atoms with Crippen molar-refractivity contribution in [1.29, 1.82) is 0 Å². The lowest BCUT2D eigenvalue weighted by molar-refractivity contribution is -0.154. The predicted molar refractivity (Wildman–Crippen MR) is 98.1 cm³/mol. The molecule has 0 aliphatic carbocycles. The Hall–Kier alpha value is -2.15. The van der Waals surface area contributed by atoms with E-state index in [1.165, 1.54) is 12.7 Å². The van der Waals surface area contributed by atoms with E-state index < -0.39 is 0 Å². The Bertz CT molecular complexity index is 797. The van der Waals surface area contributed by atoms with Crippen LogP contribution < -0.4 is 4.90 Å². The number of anilines is 1. The summed E-state index contributed by atoms with van der Waals surface area (Å²) in [5.41, 5.74) is 2.05. The van der Waals surface area contributed by atoms with Crippen molar-refractivity contribution in [2.45, 2.75) is 32.6 Å². The molecule has 26 heavy (non-hydrogen) atoms. The molecular weight excluding hydrogens is 332 g/mol. The van der Waals surface area contributed by atoms with E-state index in [1.54, 1.807) is 6.33 Å². The molecule has 7 nitrogen and oxygen atoms in total. The van der Waals surface area contributed by atoms with Gasteiger partial charge in [-0.2, -0.15) is 0 Å². The number of nitrogens with zero attached hydrogens (tertiary/aromatic N) is 3. The number of piperidine rings is 1. The van der Waals surface area contributed by atoms with Crippen LogP contribution in [0, 0.1) is 11.3 Å². The number of ether oxygens (including phenoxy) is 2. The van der Waals surface area contributed by atoms with Crippen LogP contribution in [0.3, 0.4) is 0 Å². The second-order valence-electron chi connectivity index (χ2n) is 7.33. The summed E-state index contributed by atoms with van der Waals surface area (Å²) < 4.78 is 10.7. The monoisotopic (exact) mass is 358 g/mol. The van der Waals surface area contributed by atoms with Crippen LogP contribution in [0.25, 0.3) is 11.0 Å². The van der Waals surface area contributed by atoms with E-state index in [-0.39, 0.29) is 17.3 Å². The lowest BCUT2D eigenvalue weighted by Gasteiger charge is -2.48. The second-order valence-corrected chi connectivity index (χ2v) is 7.33. The van der Waals surface area contributed by atoms with Gasteiger partial charge in [0.15, 0.2) is 0 Å². The normalized spacial score (nSPS) is 22.7. The fourth-order valence-corrected chi connectivity index (χ4v) is 4.60. The van der Waals surface area contributed by atoms with E-state index in [0.717, 1.165) is 62.3 Å². The molecule has 2 aromatic rings. The number of aryl methyl sites for hydroxylation is 1. The van der Waals surface area contributed by atoms with Crippen LogP contribution in [0.4, 0.5) is 5.82 Å². The Labute approximate surface area is 153 Å². The molecule has 2 aliphatic heterocycles. The van der Waals surface area contributed by atoms with E-state index in [1.807, 2.05) is 6.20 Å². The Morgan fingerprint density at radius 3 is 2.92 bits per heavy atom. The molecule has 2 aromatic heterocycles. The van der Waals surface area contributed by atoms with Gasteiger partial charge < -0.3 is 19.4 Å². The zero-order valence-corrected chi connectivity index (χ0v) is 15.5. The van der Waals surface area contributed by atoms with Gasteiger partial charge >= 0.3 is 5.97 Å². The molecule has 0 bridgehead atoms. The maximum absolute atomic E-state index is 12.6. The molecule has 0 amide bonds. The fourth-order valence-electron chi connectivity index (χ4n) is 4.60. The van der Waals surface area contributed by atoms with Gasteiger partial charge in [-0.1, -0.05) is 6.92 Å². The Balaban J connectivity index is 1.69. The Morgan fingerprint density at radius 2 is 2.19 bits per heavy atom. The maximum atomic E-state index is 12.6. The van der Waals surface area contributed by atoms with Crippen LogP contribution in [0.1, 0.15) is 31.7 Å². The highest BCUT2D eigenvalue weighted by Gasteiger charge is 2.48. The number of aromatic amines is 1. The number of fused-ring (bicyclic) bond motifs is 1. The molecule has 4 heterocycles. The van der Waals surface area contributed by atoms with Gasteiger partial charge in [0, 0.05) is 32.5 Å². The van der Waals surface area contributed by atoms with Crippen molar-refractivity contribution in [2.75, 3.05) is 38.3 Å². The van der Waals surface area contributed by atoms with Crippen molar-refractivity contribution >= 4 is 22.8 Å². The van der Waals surface area contributed by atoms with Crippen LogP contribution in [0.15, 0.2) is 12.5 Å². The molecule has 1 N–H and O–H groups in total. The number of H-pyrrole nitrogens is 1.